The number of aromatic nitrogens is 1. The van der Waals surface area contributed by atoms with Crippen molar-refractivity contribution in [2.24, 2.45) is 5.84 Å². The van der Waals surface area contributed by atoms with Crippen LogP contribution >= 0.6 is 11.3 Å². The number of nitrogens with zero attached hydrogens (tertiary/aromatic N) is 3. The second-order valence-corrected chi connectivity index (χ2v) is 5.64. The number of nitrogen functional groups attached to an aromatic ring is 1. The van der Waals surface area contributed by atoms with Crippen molar-refractivity contribution in [1.82, 2.24) is 20.2 Å². The molecule has 1 aromatic heterocycles. The number of amides is 1. The average molecular weight is 323 g/mol. The molecule has 1 aromatic rings. The lowest BCUT2D eigenvalue weighted by Gasteiger charge is -2.34. The minimum absolute atomic E-state index is 0.281. The first-order chi connectivity index (χ1) is 9.87. The highest BCUT2D eigenvalue weighted by Gasteiger charge is 2.32. The maximum atomic E-state index is 12.3. The number of carbonyl (C=O) groups is 1. The van der Waals surface area contributed by atoms with Crippen LogP contribution in [0.5, 0.6) is 0 Å². The molecule has 0 atom stereocenters. The Kier molecular flexibility index (Phi) is 5.14. The number of piperazine rings is 1. The van der Waals surface area contributed by atoms with E-state index in [0.717, 1.165) is 5.69 Å². The van der Waals surface area contributed by atoms with Crippen LogP contribution in [0.1, 0.15) is 15.5 Å². The standard InChI is InChI=1S/C11H16F3N5OS/c12-11(13,14)7-19-3-1-18(2-4-19)5-8-6-21-10(16-8)9(20)17-15/h6H,1-5,7,15H2,(H,17,20). The van der Waals surface area contributed by atoms with E-state index < -0.39 is 18.6 Å². The first-order valence-electron chi connectivity index (χ1n) is 6.34. The third-order valence-electron chi connectivity index (χ3n) is 3.13. The molecule has 0 bridgehead atoms. The Morgan fingerprint density at radius 1 is 1.33 bits per heavy atom. The van der Waals surface area contributed by atoms with Gasteiger partial charge in [-0.15, -0.1) is 11.3 Å². The molecule has 0 aliphatic carbocycles. The predicted octanol–water partition coefficient (Wildman–Crippen LogP) is 0.426. The molecule has 1 aliphatic rings. The summed E-state index contributed by atoms with van der Waals surface area (Å²) in [6.45, 7) is 1.50. The van der Waals surface area contributed by atoms with Crippen molar-refractivity contribution in [2.75, 3.05) is 32.7 Å². The summed E-state index contributed by atoms with van der Waals surface area (Å²) in [7, 11) is 0. The molecule has 3 N–H and O–H groups in total. The van der Waals surface area contributed by atoms with Crippen LogP contribution in [0.25, 0.3) is 0 Å². The lowest BCUT2D eigenvalue weighted by Crippen LogP contribution is -2.48. The second-order valence-electron chi connectivity index (χ2n) is 4.78. The van der Waals surface area contributed by atoms with E-state index in [1.165, 1.54) is 16.2 Å². The van der Waals surface area contributed by atoms with Gasteiger partial charge in [-0.25, -0.2) is 10.8 Å². The van der Waals surface area contributed by atoms with Gasteiger partial charge >= 0.3 is 6.18 Å². The van der Waals surface area contributed by atoms with Gasteiger partial charge in [0.15, 0.2) is 5.01 Å². The normalized spacial score (nSPS) is 17.9. The van der Waals surface area contributed by atoms with E-state index in [9.17, 15) is 18.0 Å². The molecule has 1 aliphatic heterocycles. The van der Waals surface area contributed by atoms with Crippen molar-refractivity contribution in [3.8, 4) is 0 Å². The van der Waals surface area contributed by atoms with Crippen LogP contribution in [0.2, 0.25) is 0 Å². The number of hydrogen-bond donors (Lipinski definition) is 2. The zero-order valence-corrected chi connectivity index (χ0v) is 12.0. The van der Waals surface area contributed by atoms with Gasteiger partial charge in [0.2, 0.25) is 0 Å². The van der Waals surface area contributed by atoms with Gasteiger partial charge in [0.1, 0.15) is 0 Å². The van der Waals surface area contributed by atoms with Gasteiger partial charge in [-0.2, -0.15) is 13.2 Å². The minimum Gasteiger partial charge on any atom is -0.295 e. The summed E-state index contributed by atoms with van der Waals surface area (Å²) in [5, 5.41) is 2.04. The maximum absolute atomic E-state index is 12.3. The van der Waals surface area contributed by atoms with Gasteiger partial charge in [-0.1, -0.05) is 0 Å². The van der Waals surface area contributed by atoms with Crippen molar-refractivity contribution in [3.63, 3.8) is 0 Å². The quantitative estimate of drug-likeness (QED) is 0.477. The van der Waals surface area contributed by atoms with E-state index in [1.54, 1.807) is 5.38 Å². The van der Waals surface area contributed by atoms with Gasteiger partial charge in [-0.05, 0) is 0 Å². The lowest BCUT2D eigenvalue weighted by atomic mass is 10.3. The van der Waals surface area contributed by atoms with Crippen LogP contribution in [0.15, 0.2) is 5.38 Å². The largest absolute Gasteiger partial charge is 0.401 e. The fourth-order valence-electron chi connectivity index (χ4n) is 2.13. The van der Waals surface area contributed by atoms with Crippen molar-refractivity contribution in [1.29, 1.82) is 0 Å². The molecule has 0 unspecified atom stereocenters. The molecule has 6 nitrogen and oxygen atoms in total. The van der Waals surface area contributed by atoms with Crippen molar-refractivity contribution >= 4 is 17.2 Å². The Morgan fingerprint density at radius 3 is 2.52 bits per heavy atom. The van der Waals surface area contributed by atoms with E-state index in [0.29, 0.717) is 32.7 Å². The number of rotatable bonds is 4. The fourth-order valence-corrected chi connectivity index (χ4v) is 2.84. The molecule has 0 radical (unpaired) electrons. The number of halogens is 3. The molecule has 21 heavy (non-hydrogen) atoms. The number of thiazole rings is 1. The number of hydrogen-bond acceptors (Lipinski definition) is 6. The fraction of sp³-hybridized carbons (Fsp3) is 0.636. The van der Waals surface area contributed by atoms with Gasteiger partial charge in [-0.3, -0.25) is 20.0 Å². The molecule has 1 saturated heterocycles. The van der Waals surface area contributed by atoms with Crippen molar-refractivity contribution in [3.05, 3.63) is 16.1 Å². The van der Waals surface area contributed by atoms with E-state index >= 15 is 0 Å². The third-order valence-corrected chi connectivity index (χ3v) is 4.02. The summed E-state index contributed by atoms with van der Waals surface area (Å²) in [6.07, 6.45) is -4.15. The molecule has 0 spiro atoms. The second kappa shape index (κ2) is 6.69. The summed E-state index contributed by atoms with van der Waals surface area (Å²) in [6, 6.07) is 0. The Hall–Kier alpha value is -1.23. The molecule has 1 amide bonds. The summed E-state index contributed by atoms with van der Waals surface area (Å²) < 4.78 is 36.9. The van der Waals surface area contributed by atoms with Crippen LogP contribution < -0.4 is 11.3 Å². The summed E-state index contributed by atoms with van der Waals surface area (Å²) in [5.74, 6) is 4.58. The number of hydrazine groups is 1. The molecular formula is C11H16F3N5OS. The molecule has 1 fully saturated rings. The number of nitrogens with two attached hydrogens (primary N) is 1. The number of carbonyl (C=O) groups excluding carboxylic acids is 1. The van der Waals surface area contributed by atoms with E-state index in [-0.39, 0.29) is 5.01 Å². The third kappa shape index (κ3) is 4.92. The zero-order chi connectivity index (χ0) is 15.5. The highest BCUT2D eigenvalue weighted by Crippen LogP contribution is 2.18. The highest BCUT2D eigenvalue weighted by molar-refractivity contribution is 7.11. The highest BCUT2D eigenvalue weighted by atomic mass is 32.1. The van der Waals surface area contributed by atoms with Gasteiger partial charge < -0.3 is 0 Å². The maximum Gasteiger partial charge on any atom is 0.401 e. The summed E-state index contributed by atoms with van der Waals surface area (Å²) >= 11 is 1.19. The monoisotopic (exact) mass is 323 g/mol. The smallest absolute Gasteiger partial charge is 0.295 e. The number of nitrogens with one attached hydrogen (secondary N) is 1. The Bertz CT molecular complexity index is 484. The molecular weight excluding hydrogens is 307 g/mol. The first kappa shape index (κ1) is 16.1. The molecule has 0 aromatic carbocycles. The average Bonchev–Trinajstić information content (AvgIpc) is 2.87. The predicted molar refractivity (Wildman–Crippen MR) is 71.5 cm³/mol. The van der Waals surface area contributed by atoms with Crippen LogP contribution in [0, 0.1) is 0 Å². The van der Waals surface area contributed by atoms with E-state index in [4.69, 9.17) is 5.84 Å². The first-order valence-corrected chi connectivity index (χ1v) is 7.22. The topological polar surface area (TPSA) is 74.5 Å². The Morgan fingerprint density at radius 2 is 1.95 bits per heavy atom. The van der Waals surface area contributed by atoms with Gasteiger partial charge in [0, 0.05) is 38.1 Å². The van der Waals surface area contributed by atoms with Crippen molar-refractivity contribution < 1.29 is 18.0 Å². The van der Waals surface area contributed by atoms with Crippen molar-refractivity contribution in [2.45, 2.75) is 12.7 Å². The SMILES string of the molecule is NNC(=O)c1nc(CN2CCN(CC(F)(F)F)CC2)cs1. The van der Waals surface area contributed by atoms with Crippen LogP contribution in [0.4, 0.5) is 13.2 Å². The van der Waals surface area contributed by atoms with E-state index in [2.05, 4.69) is 4.98 Å². The molecule has 2 heterocycles. The molecule has 2 rings (SSSR count). The van der Waals surface area contributed by atoms with Gasteiger partial charge in [0.25, 0.3) is 5.91 Å². The summed E-state index contributed by atoms with van der Waals surface area (Å²) in [4.78, 5) is 18.8. The van der Waals surface area contributed by atoms with Gasteiger partial charge in [0.05, 0.1) is 12.2 Å². The number of alkyl halides is 3. The lowest BCUT2D eigenvalue weighted by molar-refractivity contribution is -0.149. The zero-order valence-electron chi connectivity index (χ0n) is 11.2. The molecule has 118 valence electrons. The van der Waals surface area contributed by atoms with Crippen LogP contribution in [-0.2, 0) is 6.54 Å². The molecule has 10 heteroatoms. The van der Waals surface area contributed by atoms with Crippen LogP contribution in [0.3, 0.4) is 0 Å². The Balaban J connectivity index is 1.81. The molecule has 0 saturated carbocycles. The van der Waals surface area contributed by atoms with E-state index in [1.807, 2.05) is 10.3 Å². The minimum atomic E-state index is -4.15. The van der Waals surface area contributed by atoms with Crippen LogP contribution in [-0.4, -0.2) is 59.6 Å². The Labute approximate surface area is 123 Å². The summed E-state index contributed by atoms with van der Waals surface area (Å²) in [5.41, 5.74) is 2.73.